The predicted molar refractivity (Wildman–Crippen MR) is 181 cm³/mol. The largest absolute Gasteiger partial charge is 0.480 e. The van der Waals surface area contributed by atoms with Gasteiger partial charge in [-0.3, -0.25) is 14.7 Å². The third-order valence-corrected chi connectivity index (χ3v) is 11.5. The Balaban J connectivity index is 1.39. The molecule has 3 aliphatic heterocycles. The number of carboxylic acid groups (broad SMARTS) is 1. The van der Waals surface area contributed by atoms with Gasteiger partial charge in [-0.1, -0.05) is 13.8 Å². The van der Waals surface area contributed by atoms with Gasteiger partial charge in [0.25, 0.3) is 5.91 Å². The van der Waals surface area contributed by atoms with Crippen LogP contribution < -0.4 is 20.9 Å². The van der Waals surface area contributed by atoms with E-state index in [1.807, 2.05) is 7.05 Å². The molecule has 0 aliphatic carbocycles. The van der Waals surface area contributed by atoms with Crippen LogP contribution in [0, 0.1) is 11.6 Å². The maximum absolute atomic E-state index is 14.1. The number of amides is 2. The first-order chi connectivity index (χ1) is 23.6. The van der Waals surface area contributed by atoms with Crippen LogP contribution >= 0.6 is 0 Å². The van der Waals surface area contributed by atoms with Gasteiger partial charge >= 0.3 is 5.97 Å². The second-order valence-electron chi connectivity index (χ2n) is 13.7. The van der Waals surface area contributed by atoms with Crippen LogP contribution in [0.3, 0.4) is 0 Å². The van der Waals surface area contributed by atoms with Crippen LogP contribution in [0.5, 0.6) is 0 Å². The van der Waals surface area contributed by atoms with E-state index >= 15 is 0 Å². The summed E-state index contributed by atoms with van der Waals surface area (Å²) in [7, 11) is -2.39. The number of nitrogens with one attached hydrogen (secondary N) is 2. The van der Waals surface area contributed by atoms with Crippen molar-refractivity contribution in [2.45, 2.75) is 56.0 Å². The van der Waals surface area contributed by atoms with Crippen molar-refractivity contribution in [3.63, 3.8) is 0 Å². The number of hydrogen-bond acceptors (Lipinski definition) is 9. The zero-order valence-corrected chi connectivity index (χ0v) is 28.8. The lowest BCUT2D eigenvalue weighted by molar-refractivity contribution is -0.139. The van der Waals surface area contributed by atoms with E-state index in [0.717, 1.165) is 42.4 Å². The highest BCUT2D eigenvalue weighted by Gasteiger charge is 2.41. The van der Waals surface area contributed by atoms with E-state index in [9.17, 15) is 36.7 Å². The molecular weight excluding hydrogens is 674 g/mol. The SMILES string of the molecule is CN1CCN(c2cc(C(N)=O)c(C(=O)Nc3n[nH]c4c3CN(S(=O)(=O)c3cc(F)cc(F)c3)CC4(C)C)cc2N2CCCCC2C(=O)O)CC1. The number of carboxylic acids is 1. The summed E-state index contributed by atoms with van der Waals surface area (Å²) in [6.07, 6.45) is 1.88. The number of fused-ring (bicyclic) bond motifs is 1. The van der Waals surface area contributed by atoms with Crippen LogP contribution in [0.25, 0.3) is 0 Å². The second-order valence-corrected chi connectivity index (χ2v) is 15.7. The lowest BCUT2D eigenvalue weighted by atomic mass is 9.84. The van der Waals surface area contributed by atoms with E-state index in [0.29, 0.717) is 54.8 Å². The van der Waals surface area contributed by atoms with Crippen molar-refractivity contribution >= 4 is 45.0 Å². The number of rotatable bonds is 8. The number of carbonyl (C=O) groups is 3. The molecule has 2 fully saturated rings. The Labute approximate surface area is 288 Å². The van der Waals surface area contributed by atoms with Gasteiger partial charge in [0.2, 0.25) is 15.9 Å². The minimum atomic E-state index is -4.39. The molecular formula is C33H40F2N8O6S. The van der Waals surface area contributed by atoms with Gasteiger partial charge in [0.15, 0.2) is 5.82 Å². The molecule has 2 saturated heterocycles. The van der Waals surface area contributed by atoms with E-state index in [1.165, 1.54) is 6.07 Å². The Hall–Kier alpha value is -4.61. The van der Waals surface area contributed by atoms with Gasteiger partial charge in [0, 0.05) is 68.6 Å². The quantitative estimate of drug-likeness (QED) is 0.271. The fourth-order valence-electron chi connectivity index (χ4n) is 7.08. The van der Waals surface area contributed by atoms with Crippen LogP contribution in [0.15, 0.2) is 35.2 Å². The third kappa shape index (κ3) is 6.64. The number of nitrogens with two attached hydrogens (primary N) is 1. The van der Waals surface area contributed by atoms with Crippen LogP contribution in [0.1, 0.15) is 65.1 Å². The molecule has 17 heteroatoms. The molecule has 1 atom stereocenters. The minimum absolute atomic E-state index is 0.00935. The van der Waals surface area contributed by atoms with Gasteiger partial charge < -0.3 is 30.9 Å². The zero-order valence-electron chi connectivity index (χ0n) is 28.0. The standard InChI is InChI=1S/C33H40F2N8O6S/c1-33(2)18-42(50(48,49)21-13-19(34)12-20(35)14-21)17-24-28(33)38-39-30(24)37-31(45)23-16-27(43-7-5-4-6-25(43)32(46)47)26(15-22(23)29(36)44)41-10-8-40(3)9-11-41/h12-16,25H,4-11,17-18H2,1-3H3,(H2,36,44)(H,46,47)(H2,37,38,39,45). The van der Waals surface area contributed by atoms with Crippen molar-refractivity contribution in [3.8, 4) is 0 Å². The molecule has 1 aromatic heterocycles. The van der Waals surface area contributed by atoms with Gasteiger partial charge in [0.1, 0.15) is 17.7 Å². The number of primary amides is 1. The van der Waals surface area contributed by atoms with Crippen LogP contribution in [0.4, 0.5) is 26.0 Å². The summed E-state index contributed by atoms with van der Waals surface area (Å²) < 4.78 is 56.3. The Morgan fingerprint density at radius 1 is 0.980 bits per heavy atom. The molecule has 0 spiro atoms. The molecule has 2 aromatic carbocycles. The van der Waals surface area contributed by atoms with Gasteiger partial charge in [-0.25, -0.2) is 22.0 Å². The number of H-pyrrole nitrogens is 1. The molecule has 6 rings (SSSR count). The maximum Gasteiger partial charge on any atom is 0.326 e. The number of aromatic amines is 1. The summed E-state index contributed by atoms with van der Waals surface area (Å²) >= 11 is 0. The van der Waals surface area contributed by atoms with Crippen LogP contribution in [0.2, 0.25) is 0 Å². The highest BCUT2D eigenvalue weighted by molar-refractivity contribution is 7.89. The summed E-state index contributed by atoms with van der Waals surface area (Å²) in [4.78, 5) is 44.8. The van der Waals surface area contributed by atoms with Crippen molar-refractivity contribution in [2.75, 3.05) is 61.4 Å². The highest BCUT2D eigenvalue weighted by Crippen LogP contribution is 2.40. The Bertz CT molecular complexity index is 1940. The summed E-state index contributed by atoms with van der Waals surface area (Å²) in [6, 6.07) is 4.27. The number of nitrogens with zero attached hydrogens (tertiary/aromatic N) is 5. The molecule has 3 aliphatic rings. The Morgan fingerprint density at radius 3 is 2.28 bits per heavy atom. The monoisotopic (exact) mass is 714 g/mol. The average molecular weight is 715 g/mol. The molecule has 0 radical (unpaired) electrons. The summed E-state index contributed by atoms with van der Waals surface area (Å²) in [5, 5.41) is 20.0. The van der Waals surface area contributed by atoms with Crippen molar-refractivity contribution < 1.29 is 36.7 Å². The summed E-state index contributed by atoms with van der Waals surface area (Å²) in [6.45, 7) is 6.29. The number of hydrogen-bond donors (Lipinski definition) is 4. The zero-order chi connectivity index (χ0) is 36.1. The molecule has 1 unspecified atom stereocenters. The first-order valence-electron chi connectivity index (χ1n) is 16.3. The van der Waals surface area contributed by atoms with E-state index in [1.54, 1.807) is 24.8 Å². The summed E-state index contributed by atoms with van der Waals surface area (Å²) in [5.41, 5.74) is 6.75. The molecule has 14 nitrogen and oxygen atoms in total. The number of aromatic nitrogens is 2. The number of aliphatic carboxylic acids is 1. The molecule has 268 valence electrons. The molecule has 5 N–H and O–H groups in total. The Morgan fingerprint density at radius 2 is 1.64 bits per heavy atom. The maximum atomic E-state index is 14.1. The molecule has 4 heterocycles. The molecule has 50 heavy (non-hydrogen) atoms. The number of sulfonamides is 1. The Kier molecular flexibility index (Phi) is 9.34. The number of likely N-dealkylation sites (N-methyl/N-ethyl adjacent to an activating group) is 1. The summed E-state index contributed by atoms with van der Waals surface area (Å²) in [5.74, 6) is -4.72. The van der Waals surface area contributed by atoms with Gasteiger partial charge in [-0.2, -0.15) is 9.40 Å². The van der Waals surface area contributed by atoms with Crippen molar-refractivity contribution in [3.05, 3.63) is 64.4 Å². The lowest BCUT2D eigenvalue weighted by Gasteiger charge is -2.40. The van der Waals surface area contributed by atoms with Crippen molar-refractivity contribution in [1.29, 1.82) is 0 Å². The van der Waals surface area contributed by atoms with Crippen molar-refractivity contribution in [1.82, 2.24) is 19.4 Å². The normalized spacial score (nSPS) is 20.0. The van der Waals surface area contributed by atoms with Crippen LogP contribution in [-0.2, 0) is 26.8 Å². The van der Waals surface area contributed by atoms with Crippen LogP contribution in [-0.4, -0.2) is 103 Å². The minimum Gasteiger partial charge on any atom is -0.480 e. The number of halogens is 2. The highest BCUT2D eigenvalue weighted by atomic mass is 32.2. The van der Waals surface area contributed by atoms with Gasteiger partial charge in [-0.05, 0) is 50.6 Å². The van der Waals surface area contributed by atoms with E-state index < -0.39 is 55.8 Å². The predicted octanol–water partition coefficient (Wildman–Crippen LogP) is 2.72. The number of piperazine rings is 1. The fourth-order valence-corrected chi connectivity index (χ4v) is 8.69. The topological polar surface area (TPSA) is 185 Å². The molecule has 0 saturated carbocycles. The first kappa shape index (κ1) is 35.2. The number of benzene rings is 2. The first-order valence-corrected chi connectivity index (χ1v) is 17.8. The fraction of sp³-hybridized carbons (Fsp3) is 0.455. The number of anilines is 3. The number of carbonyl (C=O) groups excluding carboxylic acids is 2. The molecule has 0 bridgehead atoms. The van der Waals surface area contributed by atoms with E-state index in [4.69, 9.17) is 5.73 Å². The van der Waals surface area contributed by atoms with Gasteiger partial charge in [-0.15, -0.1) is 0 Å². The van der Waals surface area contributed by atoms with E-state index in [2.05, 4.69) is 25.3 Å². The lowest BCUT2D eigenvalue weighted by Crippen LogP contribution is -2.48. The van der Waals surface area contributed by atoms with E-state index in [-0.39, 0.29) is 30.0 Å². The number of piperidine rings is 1. The third-order valence-electron chi connectivity index (χ3n) is 9.72. The second kappa shape index (κ2) is 13.3. The molecule has 2 amide bonds. The van der Waals surface area contributed by atoms with Crippen molar-refractivity contribution in [2.24, 2.45) is 5.73 Å². The molecule has 3 aromatic rings. The smallest absolute Gasteiger partial charge is 0.326 e. The average Bonchev–Trinajstić information content (AvgIpc) is 3.47. The van der Waals surface area contributed by atoms with Gasteiger partial charge in [0.05, 0.1) is 27.4 Å².